The molecule has 1 saturated heterocycles. The van der Waals surface area contributed by atoms with E-state index in [4.69, 9.17) is 4.98 Å². The lowest BCUT2D eigenvalue weighted by molar-refractivity contribution is -0.137. The highest BCUT2D eigenvalue weighted by molar-refractivity contribution is 7.99. The molecule has 1 saturated carbocycles. The zero-order valence-corrected chi connectivity index (χ0v) is 19.2. The molecular formula is C25H30N4O2S. The van der Waals surface area contributed by atoms with Crippen LogP contribution in [0.25, 0.3) is 0 Å². The van der Waals surface area contributed by atoms with Crippen LogP contribution in [-0.2, 0) is 24.1 Å². The molecule has 1 aromatic heterocycles. The summed E-state index contributed by atoms with van der Waals surface area (Å²) in [5.74, 6) is 0.953. The van der Waals surface area contributed by atoms with Crippen LogP contribution in [0.15, 0.2) is 40.3 Å². The van der Waals surface area contributed by atoms with Crippen LogP contribution in [0, 0.1) is 0 Å². The Morgan fingerprint density at radius 1 is 1.09 bits per heavy atom. The molecule has 4 aliphatic rings. The summed E-state index contributed by atoms with van der Waals surface area (Å²) in [5.41, 5.74) is 3.25. The fourth-order valence-electron chi connectivity index (χ4n) is 5.66. The van der Waals surface area contributed by atoms with E-state index in [0.29, 0.717) is 6.42 Å². The molecule has 6 rings (SSSR count). The minimum absolute atomic E-state index is 0.0766. The molecule has 7 heteroatoms. The molecule has 6 nitrogen and oxygen atoms in total. The van der Waals surface area contributed by atoms with E-state index in [0.717, 1.165) is 73.5 Å². The summed E-state index contributed by atoms with van der Waals surface area (Å²) in [6, 6.07) is 11.4. The Balaban J connectivity index is 1.21. The number of carbonyl (C=O) groups excluding carboxylic acids is 1. The van der Waals surface area contributed by atoms with Crippen LogP contribution in [0.4, 0.5) is 0 Å². The first-order valence-electron chi connectivity index (χ1n) is 12.0. The molecule has 3 heterocycles. The lowest BCUT2D eigenvalue weighted by Gasteiger charge is -2.42. The molecule has 2 aromatic rings. The number of fused-ring (bicyclic) bond motifs is 2. The minimum Gasteiger partial charge on any atom is -0.337 e. The Hall–Kier alpha value is -2.12. The molecule has 1 aromatic carbocycles. The quantitative estimate of drug-likeness (QED) is 0.656. The predicted molar refractivity (Wildman–Crippen MR) is 125 cm³/mol. The summed E-state index contributed by atoms with van der Waals surface area (Å²) >= 11 is 1.63. The average Bonchev–Trinajstić information content (AvgIpc) is 3.42. The van der Waals surface area contributed by atoms with Crippen LogP contribution in [0.5, 0.6) is 0 Å². The number of thioether (sulfide) groups is 1. The van der Waals surface area contributed by atoms with Gasteiger partial charge in [0.25, 0.3) is 5.56 Å². The summed E-state index contributed by atoms with van der Waals surface area (Å²) in [7, 11) is 0. The van der Waals surface area contributed by atoms with Crippen LogP contribution in [0.2, 0.25) is 0 Å². The van der Waals surface area contributed by atoms with Crippen molar-refractivity contribution >= 4 is 17.7 Å². The second-order valence-electron chi connectivity index (χ2n) is 9.67. The van der Waals surface area contributed by atoms with Crippen molar-refractivity contribution in [2.75, 3.05) is 25.4 Å². The number of aromatic nitrogens is 2. The second-order valence-corrected chi connectivity index (χ2v) is 10.7. The van der Waals surface area contributed by atoms with E-state index in [2.05, 4.69) is 34.1 Å². The SMILES string of the molecule is O=C(CC1CSc2nc3c(c(=O)n21)CCC3)N1CCN(C2CC2)CC1Cc1ccccc1. The topological polar surface area (TPSA) is 58.4 Å². The van der Waals surface area contributed by atoms with Gasteiger partial charge in [-0.25, -0.2) is 4.98 Å². The van der Waals surface area contributed by atoms with Crippen molar-refractivity contribution < 1.29 is 4.79 Å². The van der Waals surface area contributed by atoms with Crippen LogP contribution in [-0.4, -0.2) is 62.7 Å². The van der Waals surface area contributed by atoms with Gasteiger partial charge in [-0.15, -0.1) is 0 Å². The van der Waals surface area contributed by atoms with Gasteiger partial charge in [-0.1, -0.05) is 42.1 Å². The third-order valence-corrected chi connectivity index (χ3v) is 8.59. The minimum atomic E-state index is -0.0766. The second kappa shape index (κ2) is 8.34. The molecule has 32 heavy (non-hydrogen) atoms. The smallest absolute Gasteiger partial charge is 0.257 e. The van der Waals surface area contributed by atoms with Crippen molar-refractivity contribution in [1.29, 1.82) is 0 Å². The number of hydrogen-bond donors (Lipinski definition) is 0. The molecule has 2 aliphatic heterocycles. The molecule has 2 unspecified atom stereocenters. The third kappa shape index (κ3) is 3.79. The van der Waals surface area contributed by atoms with Gasteiger partial charge in [0.2, 0.25) is 5.91 Å². The van der Waals surface area contributed by atoms with Crippen molar-refractivity contribution in [3.8, 4) is 0 Å². The Bertz CT molecular complexity index is 1080. The van der Waals surface area contributed by atoms with Gasteiger partial charge < -0.3 is 4.90 Å². The molecule has 2 fully saturated rings. The first kappa shape index (κ1) is 20.5. The number of amides is 1. The normalized spacial score (nSPS) is 25.1. The number of nitrogens with zero attached hydrogens (tertiary/aromatic N) is 4. The van der Waals surface area contributed by atoms with Crippen LogP contribution in [0.3, 0.4) is 0 Å². The van der Waals surface area contributed by atoms with Gasteiger partial charge in [0, 0.05) is 49.5 Å². The molecule has 2 aliphatic carbocycles. The molecule has 168 valence electrons. The van der Waals surface area contributed by atoms with Gasteiger partial charge >= 0.3 is 0 Å². The molecule has 0 N–H and O–H groups in total. The number of benzene rings is 1. The highest BCUT2D eigenvalue weighted by Crippen LogP contribution is 2.35. The molecule has 0 bridgehead atoms. The zero-order valence-electron chi connectivity index (χ0n) is 18.4. The van der Waals surface area contributed by atoms with Gasteiger partial charge in [0.15, 0.2) is 5.16 Å². The Kier molecular flexibility index (Phi) is 5.34. The molecule has 0 spiro atoms. The number of rotatable bonds is 5. The monoisotopic (exact) mass is 450 g/mol. The number of piperazine rings is 1. The van der Waals surface area contributed by atoms with Crippen molar-refractivity contribution in [1.82, 2.24) is 19.4 Å². The highest BCUT2D eigenvalue weighted by Gasteiger charge is 2.39. The molecule has 1 amide bonds. The molecule has 0 radical (unpaired) electrons. The van der Waals surface area contributed by atoms with Crippen molar-refractivity contribution in [2.45, 2.75) is 68.2 Å². The van der Waals surface area contributed by atoms with E-state index in [1.54, 1.807) is 11.8 Å². The number of hydrogen-bond acceptors (Lipinski definition) is 5. The lowest BCUT2D eigenvalue weighted by Crippen LogP contribution is -2.56. The molecule has 2 atom stereocenters. The van der Waals surface area contributed by atoms with Crippen LogP contribution < -0.4 is 5.56 Å². The van der Waals surface area contributed by atoms with E-state index < -0.39 is 0 Å². The van der Waals surface area contributed by atoms with Crippen LogP contribution in [0.1, 0.15) is 48.5 Å². The van der Waals surface area contributed by atoms with Gasteiger partial charge in [-0.3, -0.25) is 19.1 Å². The largest absolute Gasteiger partial charge is 0.337 e. The summed E-state index contributed by atoms with van der Waals surface area (Å²) in [5, 5.41) is 0.813. The first-order valence-corrected chi connectivity index (χ1v) is 13.0. The Labute approximate surface area is 193 Å². The van der Waals surface area contributed by atoms with E-state index in [1.165, 1.54) is 18.4 Å². The third-order valence-electron chi connectivity index (χ3n) is 7.49. The van der Waals surface area contributed by atoms with Gasteiger partial charge in [0.05, 0.1) is 11.7 Å². The maximum absolute atomic E-state index is 13.6. The lowest BCUT2D eigenvalue weighted by atomic mass is 10.0. The standard InChI is InChI=1S/C25H30N4O2S/c30-23(14-20-16-32-25-26-22-8-4-7-21(22)24(31)29(20)25)28-12-11-27(18-9-10-18)15-19(28)13-17-5-2-1-3-6-17/h1-3,5-6,18-20H,4,7-16H2. The van der Waals surface area contributed by atoms with E-state index in [-0.39, 0.29) is 23.6 Å². The number of carbonyl (C=O) groups is 1. The number of aryl methyl sites for hydroxylation is 1. The maximum Gasteiger partial charge on any atom is 0.257 e. The van der Waals surface area contributed by atoms with Gasteiger partial charge in [-0.05, 0) is 44.1 Å². The average molecular weight is 451 g/mol. The Morgan fingerprint density at radius 2 is 1.94 bits per heavy atom. The van der Waals surface area contributed by atoms with Crippen molar-refractivity contribution in [3.63, 3.8) is 0 Å². The maximum atomic E-state index is 13.6. The summed E-state index contributed by atoms with van der Waals surface area (Å²) in [6.07, 6.45) is 6.63. The van der Waals surface area contributed by atoms with Gasteiger partial charge in [0.1, 0.15) is 0 Å². The summed E-state index contributed by atoms with van der Waals surface area (Å²) < 4.78 is 1.83. The fraction of sp³-hybridized carbons (Fsp3) is 0.560. The predicted octanol–water partition coefficient (Wildman–Crippen LogP) is 2.69. The van der Waals surface area contributed by atoms with E-state index in [1.807, 2.05) is 10.6 Å². The van der Waals surface area contributed by atoms with Crippen molar-refractivity contribution in [2.24, 2.45) is 0 Å². The zero-order chi connectivity index (χ0) is 21.7. The Morgan fingerprint density at radius 3 is 2.75 bits per heavy atom. The molecular weight excluding hydrogens is 420 g/mol. The highest BCUT2D eigenvalue weighted by atomic mass is 32.2. The van der Waals surface area contributed by atoms with E-state index in [9.17, 15) is 9.59 Å². The fourth-order valence-corrected chi connectivity index (χ4v) is 6.82. The summed E-state index contributed by atoms with van der Waals surface area (Å²) in [6.45, 7) is 2.71. The van der Waals surface area contributed by atoms with E-state index >= 15 is 0 Å². The van der Waals surface area contributed by atoms with Gasteiger partial charge in [-0.2, -0.15) is 0 Å². The van der Waals surface area contributed by atoms with Crippen molar-refractivity contribution in [3.05, 3.63) is 57.5 Å². The summed E-state index contributed by atoms with van der Waals surface area (Å²) in [4.78, 5) is 36.2. The first-order chi connectivity index (χ1) is 15.7. The van der Waals surface area contributed by atoms with Crippen LogP contribution >= 0.6 is 11.8 Å².